The summed E-state index contributed by atoms with van der Waals surface area (Å²) >= 11 is 6.81. The monoisotopic (exact) mass is 395 g/mol. The third kappa shape index (κ3) is 4.82. The summed E-state index contributed by atoms with van der Waals surface area (Å²) in [6.45, 7) is 1.20. The third-order valence-electron chi connectivity index (χ3n) is 3.50. The Morgan fingerprint density at radius 2 is 2.00 bits per heavy atom. The van der Waals surface area contributed by atoms with Crippen molar-refractivity contribution in [3.8, 4) is 0 Å². The lowest BCUT2D eigenvalue weighted by Gasteiger charge is -2.21. The number of amides is 2. The molecule has 0 aromatic carbocycles. The second kappa shape index (κ2) is 8.15. The summed E-state index contributed by atoms with van der Waals surface area (Å²) in [6, 6.07) is 2.64. The molecule has 0 spiro atoms. The number of thiophene rings is 1. The number of carboxylic acid groups (broad SMARTS) is 1. The van der Waals surface area contributed by atoms with E-state index in [2.05, 4.69) is 5.32 Å². The van der Waals surface area contributed by atoms with Crippen LogP contribution in [0.15, 0.2) is 16.3 Å². The Hall–Kier alpha value is -1.36. The van der Waals surface area contributed by atoms with Crippen LogP contribution in [0.1, 0.15) is 12.8 Å². The summed E-state index contributed by atoms with van der Waals surface area (Å²) in [6.07, 6.45) is 0.351. The van der Waals surface area contributed by atoms with Gasteiger partial charge in [0.1, 0.15) is 4.21 Å². The zero-order valence-electron chi connectivity index (χ0n) is 12.8. The molecule has 1 aromatic rings. The molecule has 1 aliphatic heterocycles. The summed E-state index contributed by atoms with van der Waals surface area (Å²) in [5.74, 6) is -0.988. The molecule has 11 heteroatoms. The molecule has 0 bridgehead atoms. The van der Waals surface area contributed by atoms with Gasteiger partial charge in [-0.05, 0) is 18.6 Å². The van der Waals surface area contributed by atoms with Gasteiger partial charge in [-0.3, -0.25) is 4.79 Å². The average molecular weight is 396 g/mol. The van der Waals surface area contributed by atoms with Crippen molar-refractivity contribution in [2.45, 2.75) is 17.1 Å². The van der Waals surface area contributed by atoms with Crippen molar-refractivity contribution in [3.05, 3.63) is 16.5 Å². The molecular weight excluding hydrogens is 378 g/mol. The van der Waals surface area contributed by atoms with Gasteiger partial charge in [0.15, 0.2) is 0 Å². The molecule has 2 amide bonds. The number of nitrogens with one attached hydrogen (secondary N) is 1. The Labute approximate surface area is 149 Å². The van der Waals surface area contributed by atoms with Crippen molar-refractivity contribution in [2.24, 2.45) is 0 Å². The van der Waals surface area contributed by atoms with Crippen LogP contribution in [0.4, 0.5) is 4.79 Å². The van der Waals surface area contributed by atoms with Crippen molar-refractivity contribution in [3.63, 3.8) is 0 Å². The van der Waals surface area contributed by atoms with Crippen molar-refractivity contribution in [1.29, 1.82) is 0 Å². The highest BCUT2D eigenvalue weighted by molar-refractivity contribution is 7.91. The Balaban J connectivity index is 1.95. The van der Waals surface area contributed by atoms with E-state index in [0.717, 1.165) is 11.3 Å². The number of halogens is 1. The average Bonchev–Trinajstić information content (AvgIpc) is 2.81. The Morgan fingerprint density at radius 1 is 1.25 bits per heavy atom. The van der Waals surface area contributed by atoms with E-state index >= 15 is 0 Å². The smallest absolute Gasteiger partial charge is 0.317 e. The van der Waals surface area contributed by atoms with E-state index in [1.807, 2.05) is 0 Å². The first-order chi connectivity index (χ1) is 11.3. The summed E-state index contributed by atoms with van der Waals surface area (Å²) in [5, 5.41) is 11.1. The molecule has 1 aromatic heterocycles. The number of carboxylic acids is 1. The SMILES string of the molecule is O=C(O)CCNC(=O)N1CCCN(S(=O)(=O)c2ccc(Cl)s2)CC1. The van der Waals surface area contributed by atoms with Crippen LogP contribution in [0.5, 0.6) is 0 Å². The molecule has 0 aliphatic carbocycles. The maximum atomic E-state index is 12.6. The van der Waals surface area contributed by atoms with E-state index in [-0.39, 0.29) is 36.3 Å². The van der Waals surface area contributed by atoms with Crippen molar-refractivity contribution in [1.82, 2.24) is 14.5 Å². The van der Waals surface area contributed by atoms with Crippen LogP contribution >= 0.6 is 22.9 Å². The Bertz CT molecular complexity index is 706. The summed E-state index contributed by atoms with van der Waals surface area (Å²) in [7, 11) is -3.61. The molecule has 0 saturated carbocycles. The summed E-state index contributed by atoms with van der Waals surface area (Å²) in [4.78, 5) is 24.0. The molecule has 2 rings (SSSR count). The second-order valence-electron chi connectivity index (χ2n) is 5.18. The highest BCUT2D eigenvalue weighted by Crippen LogP contribution is 2.28. The number of carbonyl (C=O) groups excluding carboxylic acids is 1. The maximum absolute atomic E-state index is 12.6. The zero-order valence-corrected chi connectivity index (χ0v) is 15.2. The largest absolute Gasteiger partial charge is 0.481 e. The van der Waals surface area contributed by atoms with Gasteiger partial charge in [-0.25, -0.2) is 13.2 Å². The number of aliphatic carboxylic acids is 1. The van der Waals surface area contributed by atoms with Gasteiger partial charge in [0.05, 0.1) is 10.8 Å². The van der Waals surface area contributed by atoms with E-state index in [4.69, 9.17) is 16.7 Å². The standard InChI is InChI=1S/C13H18ClN3O5S2/c14-10-2-3-12(23-10)24(21,22)17-7-1-6-16(8-9-17)13(20)15-5-4-11(18)19/h2-3H,1,4-9H2,(H,15,20)(H,18,19). The van der Waals surface area contributed by atoms with Crippen LogP contribution in [-0.4, -0.2) is 67.5 Å². The van der Waals surface area contributed by atoms with E-state index in [1.165, 1.54) is 15.3 Å². The van der Waals surface area contributed by atoms with E-state index < -0.39 is 16.0 Å². The van der Waals surface area contributed by atoms with Gasteiger partial charge in [-0.15, -0.1) is 11.3 Å². The predicted octanol–water partition coefficient (Wildman–Crippen LogP) is 1.28. The molecule has 134 valence electrons. The lowest BCUT2D eigenvalue weighted by Crippen LogP contribution is -2.43. The maximum Gasteiger partial charge on any atom is 0.317 e. The molecular formula is C13H18ClN3O5S2. The normalized spacial score (nSPS) is 16.6. The van der Waals surface area contributed by atoms with Crippen molar-refractivity contribution >= 4 is 45.0 Å². The second-order valence-corrected chi connectivity index (χ2v) is 9.06. The number of rotatable bonds is 5. The highest BCUT2D eigenvalue weighted by Gasteiger charge is 2.29. The minimum absolute atomic E-state index is 0.0420. The fourth-order valence-corrected chi connectivity index (χ4v) is 5.40. The lowest BCUT2D eigenvalue weighted by molar-refractivity contribution is -0.136. The molecule has 2 heterocycles. The Kier molecular flexibility index (Phi) is 6.44. The van der Waals surface area contributed by atoms with Gasteiger partial charge in [-0.2, -0.15) is 4.31 Å². The number of nitrogens with zero attached hydrogens (tertiary/aromatic N) is 2. The molecule has 0 radical (unpaired) electrons. The van der Waals surface area contributed by atoms with Gasteiger partial charge in [0, 0.05) is 32.7 Å². The van der Waals surface area contributed by atoms with Crippen molar-refractivity contribution in [2.75, 3.05) is 32.7 Å². The first-order valence-electron chi connectivity index (χ1n) is 7.31. The fraction of sp³-hybridized carbons (Fsp3) is 0.538. The lowest BCUT2D eigenvalue weighted by atomic mass is 10.4. The number of hydrogen-bond donors (Lipinski definition) is 2. The number of carbonyl (C=O) groups is 2. The fourth-order valence-electron chi connectivity index (χ4n) is 2.29. The van der Waals surface area contributed by atoms with E-state index in [0.29, 0.717) is 23.8 Å². The highest BCUT2D eigenvalue weighted by atomic mass is 35.5. The summed E-state index contributed by atoms with van der Waals surface area (Å²) < 4.78 is 27.1. The predicted molar refractivity (Wildman–Crippen MR) is 89.9 cm³/mol. The molecule has 1 saturated heterocycles. The first-order valence-corrected chi connectivity index (χ1v) is 9.94. The van der Waals surface area contributed by atoms with E-state index in [1.54, 1.807) is 6.07 Å². The molecule has 0 unspecified atom stereocenters. The van der Waals surface area contributed by atoms with Crippen LogP contribution in [0.25, 0.3) is 0 Å². The van der Waals surface area contributed by atoms with Gasteiger partial charge in [0.2, 0.25) is 0 Å². The minimum atomic E-state index is -3.61. The zero-order chi connectivity index (χ0) is 17.7. The first kappa shape index (κ1) is 19.0. The molecule has 2 N–H and O–H groups in total. The van der Waals surface area contributed by atoms with Gasteiger partial charge in [-0.1, -0.05) is 11.6 Å². The van der Waals surface area contributed by atoms with Crippen LogP contribution in [-0.2, 0) is 14.8 Å². The van der Waals surface area contributed by atoms with Crippen molar-refractivity contribution < 1.29 is 23.1 Å². The molecule has 24 heavy (non-hydrogen) atoms. The quantitative estimate of drug-likeness (QED) is 0.781. The topological polar surface area (TPSA) is 107 Å². The van der Waals surface area contributed by atoms with Crippen LogP contribution in [0, 0.1) is 0 Å². The molecule has 0 atom stereocenters. The molecule has 8 nitrogen and oxygen atoms in total. The van der Waals surface area contributed by atoms with Crippen LogP contribution in [0.3, 0.4) is 0 Å². The summed E-state index contributed by atoms with van der Waals surface area (Å²) in [5.41, 5.74) is 0. The molecule has 1 fully saturated rings. The van der Waals surface area contributed by atoms with E-state index in [9.17, 15) is 18.0 Å². The minimum Gasteiger partial charge on any atom is -0.481 e. The van der Waals surface area contributed by atoms with Gasteiger partial charge < -0.3 is 15.3 Å². The van der Waals surface area contributed by atoms with Crippen LogP contribution < -0.4 is 5.32 Å². The number of hydrogen-bond acceptors (Lipinski definition) is 5. The van der Waals surface area contributed by atoms with Gasteiger partial charge in [0.25, 0.3) is 10.0 Å². The number of urea groups is 1. The molecule has 1 aliphatic rings. The Morgan fingerprint density at radius 3 is 2.62 bits per heavy atom. The number of sulfonamides is 1. The van der Waals surface area contributed by atoms with Gasteiger partial charge >= 0.3 is 12.0 Å². The van der Waals surface area contributed by atoms with Crippen LogP contribution in [0.2, 0.25) is 4.34 Å². The third-order valence-corrected chi connectivity index (χ3v) is 7.10.